The first-order chi connectivity index (χ1) is 1.41. The van der Waals surface area contributed by atoms with E-state index >= 15 is 0 Å². The molecule has 0 saturated carbocycles. The average Bonchev–Trinajstić information content (AvgIpc) is 0.918. The Balaban J connectivity index is 0. The summed E-state index contributed by atoms with van der Waals surface area (Å²) < 4.78 is 0. The van der Waals surface area contributed by atoms with Crippen molar-refractivity contribution in [2.45, 2.75) is 0 Å². The Morgan fingerprint density at radius 1 is 1.25 bits per heavy atom. The van der Waals surface area contributed by atoms with Crippen molar-refractivity contribution < 1.29 is 38.6 Å². The largest absolute Gasteiger partial charge is 0.323 e. The van der Waals surface area contributed by atoms with E-state index in [1.807, 2.05) is 14.1 Å². The molecule has 0 aromatic rings. The zero-order chi connectivity index (χ0) is 2.71. The first-order valence-corrected chi connectivity index (χ1v) is 1.00. The molecule has 0 aromatic carbocycles. The Kier molecular flexibility index (Phi) is 19.9. The van der Waals surface area contributed by atoms with Gasteiger partial charge in [0.05, 0.1) is 0 Å². The first-order valence-electron chi connectivity index (χ1n) is 1.00. The maximum atomic E-state index is 2.75. The topological polar surface area (TPSA) is 12.0 Å². The Morgan fingerprint density at radius 3 is 1.25 bits per heavy atom. The van der Waals surface area contributed by atoms with E-state index in [1.165, 1.54) is 0 Å². The number of nitrogens with one attached hydrogen (secondary N) is 1. The molecule has 29 valence electrons. The van der Waals surface area contributed by atoms with Crippen molar-refractivity contribution in [2.24, 2.45) is 0 Å². The molecule has 0 unspecified atom stereocenters. The fourth-order valence-corrected chi connectivity index (χ4v) is 0. The van der Waals surface area contributed by atoms with E-state index in [0.29, 0.717) is 0 Å². The van der Waals surface area contributed by atoms with Gasteiger partial charge in [-0.05, 0) is 14.1 Å². The third kappa shape index (κ3) is 10.5. The third-order valence-electron chi connectivity index (χ3n) is 0. The molecule has 0 aliphatic carbocycles. The smallest absolute Gasteiger partial charge is 0 e. The molecule has 1 nitrogen and oxygen atoms in total. The molecule has 1 N–H and O–H groups in total. The number of hydrogen-bond donors (Lipinski definition) is 1. The van der Waals surface area contributed by atoms with Crippen molar-refractivity contribution in [3.8, 4) is 0 Å². The van der Waals surface area contributed by atoms with Crippen LogP contribution in [0.25, 0.3) is 0 Å². The van der Waals surface area contributed by atoms with Gasteiger partial charge in [-0.1, -0.05) is 0 Å². The van der Waals surface area contributed by atoms with Crippen LogP contribution in [0, 0.1) is 38.6 Å². The molecule has 0 aliphatic heterocycles. The second-order valence-electron chi connectivity index (χ2n) is 0.500. The van der Waals surface area contributed by atoms with Crippen molar-refractivity contribution in [3.05, 3.63) is 0 Å². The van der Waals surface area contributed by atoms with Crippen LogP contribution in [0.2, 0.25) is 0 Å². The summed E-state index contributed by atoms with van der Waals surface area (Å²) in [4.78, 5) is 0. The molecule has 0 saturated heterocycles. The van der Waals surface area contributed by atoms with Crippen molar-refractivity contribution in [1.82, 2.24) is 5.32 Å². The van der Waals surface area contributed by atoms with Crippen LogP contribution >= 0.6 is 0 Å². The van der Waals surface area contributed by atoms with Crippen molar-refractivity contribution >= 4 is 0 Å². The minimum absolute atomic E-state index is 0. The normalized spacial score (nSPS) is 4.50. The zero-order valence-corrected chi connectivity index (χ0v) is 4.97. The zero-order valence-electron chi connectivity index (χ0n) is 2.83. The minimum atomic E-state index is 0. The molecule has 0 bridgehead atoms. The summed E-state index contributed by atoms with van der Waals surface area (Å²) in [6.45, 7) is 0. The van der Waals surface area contributed by atoms with Gasteiger partial charge in [0.25, 0.3) is 0 Å². The van der Waals surface area contributed by atoms with E-state index in [2.05, 4.69) is 5.32 Å². The molecule has 4 heavy (non-hydrogen) atoms. The Morgan fingerprint density at radius 2 is 1.25 bits per heavy atom. The summed E-state index contributed by atoms with van der Waals surface area (Å²) in [6.07, 6.45) is 0. The van der Waals surface area contributed by atoms with Gasteiger partial charge < -0.3 is 5.32 Å². The average molecular weight is 204 g/mol. The first kappa shape index (κ1) is 8.98. The Labute approximate surface area is 57.6 Å². The van der Waals surface area contributed by atoms with E-state index < -0.39 is 0 Å². The van der Waals surface area contributed by atoms with Gasteiger partial charge >= 0.3 is 0 Å². The molecule has 0 aromatic heterocycles. The SMILES string of the molecule is CNC.[Tb]. The van der Waals surface area contributed by atoms with Gasteiger partial charge in [0.2, 0.25) is 0 Å². The van der Waals surface area contributed by atoms with Gasteiger partial charge in [-0.15, -0.1) is 0 Å². The summed E-state index contributed by atoms with van der Waals surface area (Å²) in [6, 6.07) is 0. The molecule has 0 rings (SSSR count). The van der Waals surface area contributed by atoms with Crippen LogP contribution in [0.5, 0.6) is 0 Å². The van der Waals surface area contributed by atoms with Gasteiger partial charge in [0, 0.05) is 38.6 Å². The fraction of sp³-hybridized carbons (Fsp3) is 1.00. The van der Waals surface area contributed by atoms with E-state index in [-0.39, 0.29) is 38.6 Å². The van der Waals surface area contributed by atoms with Crippen molar-refractivity contribution in [3.63, 3.8) is 0 Å². The summed E-state index contributed by atoms with van der Waals surface area (Å²) in [5, 5.41) is 2.75. The molecule has 0 heterocycles. The van der Waals surface area contributed by atoms with Gasteiger partial charge in [-0.2, -0.15) is 0 Å². The van der Waals surface area contributed by atoms with E-state index in [1.54, 1.807) is 0 Å². The number of rotatable bonds is 0. The Hall–Kier alpha value is 1.25. The third-order valence-corrected chi connectivity index (χ3v) is 0. The van der Waals surface area contributed by atoms with Crippen LogP contribution in [-0.2, 0) is 0 Å². The fourth-order valence-electron chi connectivity index (χ4n) is 0. The molecule has 1 radical (unpaired) electrons. The van der Waals surface area contributed by atoms with E-state index in [4.69, 9.17) is 0 Å². The van der Waals surface area contributed by atoms with E-state index in [9.17, 15) is 0 Å². The van der Waals surface area contributed by atoms with Crippen molar-refractivity contribution in [1.29, 1.82) is 0 Å². The molecule has 0 aliphatic rings. The second-order valence-corrected chi connectivity index (χ2v) is 0.500. The predicted octanol–water partition coefficient (Wildman–Crippen LogP) is -0.164. The second kappa shape index (κ2) is 8.87. The van der Waals surface area contributed by atoms with Crippen LogP contribution in [0.4, 0.5) is 0 Å². The molecule has 0 spiro atoms. The Bertz CT molecular complexity index is 6.00. The molecule has 0 fully saturated rings. The summed E-state index contributed by atoms with van der Waals surface area (Å²) >= 11 is 0. The molecule has 2 heteroatoms. The standard InChI is InChI=1S/C2H7N.Tb/c1-3-2;/h3H,1-2H3;. The van der Waals surface area contributed by atoms with Crippen LogP contribution in [0.3, 0.4) is 0 Å². The van der Waals surface area contributed by atoms with Crippen LogP contribution in [-0.4, -0.2) is 14.1 Å². The van der Waals surface area contributed by atoms with Crippen molar-refractivity contribution in [2.75, 3.05) is 14.1 Å². The molecular formula is C2H7NTb. The molecular weight excluding hydrogens is 197 g/mol. The van der Waals surface area contributed by atoms with Gasteiger partial charge in [-0.3, -0.25) is 0 Å². The monoisotopic (exact) mass is 204 g/mol. The summed E-state index contributed by atoms with van der Waals surface area (Å²) in [5.74, 6) is 0. The van der Waals surface area contributed by atoms with Crippen LogP contribution in [0.15, 0.2) is 0 Å². The molecule has 0 atom stereocenters. The quantitative estimate of drug-likeness (QED) is 0.577. The van der Waals surface area contributed by atoms with Crippen LogP contribution < -0.4 is 5.32 Å². The van der Waals surface area contributed by atoms with Gasteiger partial charge in [0.1, 0.15) is 0 Å². The maximum Gasteiger partial charge on any atom is 0 e. The van der Waals surface area contributed by atoms with Gasteiger partial charge in [-0.25, -0.2) is 0 Å². The predicted molar refractivity (Wildman–Crippen MR) is 15.0 cm³/mol. The summed E-state index contributed by atoms with van der Waals surface area (Å²) in [5.41, 5.74) is 0. The molecule has 0 amide bonds. The van der Waals surface area contributed by atoms with E-state index in [0.717, 1.165) is 0 Å². The van der Waals surface area contributed by atoms with Crippen LogP contribution in [0.1, 0.15) is 0 Å². The van der Waals surface area contributed by atoms with Gasteiger partial charge in [0.15, 0.2) is 0 Å². The number of hydrogen-bond acceptors (Lipinski definition) is 1. The minimum Gasteiger partial charge on any atom is -0.323 e. The summed E-state index contributed by atoms with van der Waals surface area (Å²) in [7, 11) is 3.75. The maximum absolute atomic E-state index is 2.75.